The summed E-state index contributed by atoms with van der Waals surface area (Å²) in [5, 5.41) is 7.34. The maximum Gasteiger partial charge on any atom is 0.240 e. The summed E-state index contributed by atoms with van der Waals surface area (Å²) in [7, 11) is -1.82. The average molecular weight is 523 g/mol. The lowest BCUT2D eigenvalue weighted by Crippen LogP contribution is -2.41. The molecule has 0 unspecified atom stereocenters. The fraction of sp³-hybridized carbons (Fsp3) is 0.412. The minimum absolute atomic E-state index is 0. The predicted molar refractivity (Wildman–Crippen MR) is 122 cm³/mol. The van der Waals surface area contributed by atoms with E-state index in [0.29, 0.717) is 19.0 Å². The summed E-state index contributed by atoms with van der Waals surface area (Å²) in [6, 6.07) is 6.76. The Morgan fingerprint density at radius 1 is 1.11 bits per heavy atom. The summed E-state index contributed by atoms with van der Waals surface area (Å²) in [6.07, 6.45) is 0. The summed E-state index contributed by atoms with van der Waals surface area (Å²) in [5.74, 6) is 0.616. The molecule has 3 N–H and O–H groups in total. The largest absolute Gasteiger partial charge is 0.355 e. The van der Waals surface area contributed by atoms with Gasteiger partial charge in [0.25, 0.3) is 0 Å². The zero-order valence-electron chi connectivity index (χ0n) is 15.9. The summed E-state index contributed by atoms with van der Waals surface area (Å²) in [6.45, 7) is 7.19. The molecule has 0 saturated heterocycles. The van der Waals surface area contributed by atoms with E-state index in [0.717, 1.165) is 21.1 Å². The van der Waals surface area contributed by atoms with Gasteiger partial charge in [-0.15, -0.1) is 35.3 Å². The lowest BCUT2D eigenvalue weighted by molar-refractivity contribution is 0.580. The average Bonchev–Trinajstić information content (AvgIpc) is 2.92. The molecular weight excluding hydrogens is 497 g/mol. The Bertz CT molecular complexity index is 864. The number of aromatic nitrogens is 1. The number of benzene rings is 1. The van der Waals surface area contributed by atoms with Crippen LogP contribution in [0.3, 0.4) is 0 Å². The molecule has 0 atom stereocenters. The fourth-order valence-electron chi connectivity index (χ4n) is 2.29. The van der Waals surface area contributed by atoms with E-state index in [9.17, 15) is 8.42 Å². The van der Waals surface area contributed by atoms with Gasteiger partial charge in [-0.05, 0) is 32.9 Å². The van der Waals surface area contributed by atoms with Gasteiger partial charge in [0, 0.05) is 25.0 Å². The second-order valence-corrected chi connectivity index (χ2v) is 8.86. The molecule has 0 fully saturated rings. The molecule has 1 aromatic heterocycles. The SMILES string of the molecule is CN=C(NCCNS(=O)(=O)c1ccc(C)cc1)NCc1sc(C)nc1C.I. The number of rotatable bonds is 7. The number of guanidine groups is 1. The number of aryl methyl sites for hydroxylation is 3. The molecule has 0 aliphatic carbocycles. The van der Waals surface area contributed by atoms with E-state index >= 15 is 0 Å². The number of nitrogens with zero attached hydrogens (tertiary/aromatic N) is 2. The molecule has 10 heteroatoms. The van der Waals surface area contributed by atoms with Gasteiger partial charge in [-0.25, -0.2) is 18.1 Å². The number of halogens is 1. The van der Waals surface area contributed by atoms with Gasteiger partial charge < -0.3 is 10.6 Å². The van der Waals surface area contributed by atoms with Crippen LogP contribution in [0.4, 0.5) is 0 Å². The van der Waals surface area contributed by atoms with Crippen LogP contribution in [0.15, 0.2) is 34.2 Å². The predicted octanol–water partition coefficient (Wildman–Crippen LogP) is 2.33. The van der Waals surface area contributed by atoms with Crippen LogP contribution in [-0.4, -0.2) is 39.5 Å². The van der Waals surface area contributed by atoms with Crippen molar-refractivity contribution in [1.29, 1.82) is 0 Å². The van der Waals surface area contributed by atoms with Crippen molar-refractivity contribution >= 4 is 51.3 Å². The lowest BCUT2D eigenvalue weighted by Gasteiger charge is -2.12. The monoisotopic (exact) mass is 523 g/mol. The Labute approximate surface area is 182 Å². The van der Waals surface area contributed by atoms with Gasteiger partial charge in [-0.2, -0.15) is 0 Å². The summed E-state index contributed by atoms with van der Waals surface area (Å²) in [4.78, 5) is 9.96. The third-order valence-corrected chi connectivity index (χ3v) is 6.23. The molecule has 150 valence electrons. The van der Waals surface area contributed by atoms with Crippen LogP contribution in [0.25, 0.3) is 0 Å². The normalized spacial score (nSPS) is 11.8. The van der Waals surface area contributed by atoms with E-state index in [-0.39, 0.29) is 35.4 Å². The van der Waals surface area contributed by atoms with Crippen LogP contribution >= 0.6 is 35.3 Å². The summed E-state index contributed by atoms with van der Waals surface area (Å²) < 4.78 is 27.0. The number of nitrogens with one attached hydrogen (secondary N) is 3. The second kappa shape index (κ2) is 10.9. The second-order valence-electron chi connectivity index (χ2n) is 5.80. The van der Waals surface area contributed by atoms with Crippen molar-refractivity contribution in [3.8, 4) is 0 Å². The number of sulfonamides is 1. The van der Waals surface area contributed by atoms with Crippen molar-refractivity contribution in [3.05, 3.63) is 45.4 Å². The maximum atomic E-state index is 12.2. The van der Waals surface area contributed by atoms with Crippen molar-refractivity contribution in [1.82, 2.24) is 20.3 Å². The van der Waals surface area contributed by atoms with Gasteiger partial charge in [0.15, 0.2) is 5.96 Å². The van der Waals surface area contributed by atoms with Gasteiger partial charge in [-0.3, -0.25) is 4.99 Å². The first-order valence-corrected chi connectivity index (χ1v) is 10.6. The molecule has 2 aromatic rings. The number of thiazole rings is 1. The van der Waals surface area contributed by atoms with E-state index in [1.165, 1.54) is 0 Å². The van der Waals surface area contributed by atoms with E-state index in [4.69, 9.17) is 0 Å². The molecule has 0 saturated carbocycles. The molecule has 1 heterocycles. The Morgan fingerprint density at radius 3 is 2.33 bits per heavy atom. The molecule has 0 amide bonds. The Balaban J connectivity index is 0.00000364. The highest BCUT2D eigenvalue weighted by Crippen LogP contribution is 2.16. The molecule has 7 nitrogen and oxygen atoms in total. The fourth-order valence-corrected chi connectivity index (χ4v) is 4.20. The third kappa shape index (κ3) is 7.35. The van der Waals surface area contributed by atoms with Gasteiger partial charge in [0.1, 0.15) is 0 Å². The van der Waals surface area contributed by atoms with Crippen LogP contribution < -0.4 is 15.4 Å². The van der Waals surface area contributed by atoms with Gasteiger partial charge in [-0.1, -0.05) is 17.7 Å². The molecular formula is C17H26IN5O2S2. The third-order valence-electron chi connectivity index (χ3n) is 3.68. The van der Waals surface area contributed by atoms with Crippen molar-refractivity contribution in [3.63, 3.8) is 0 Å². The Morgan fingerprint density at radius 2 is 1.78 bits per heavy atom. The van der Waals surface area contributed by atoms with Crippen molar-refractivity contribution in [2.45, 2.75) is 32.2 Å². The zero-order chi connectivity index (χ0) is 19.2. The van der Waals surface area contributed by atoms with E-state index < -0.39 is 10.0 Å². The highest BCUT2D eigenvalue weighted by molar-refractivity contribution is 14.0. The van der Waals surface area contributed by atoms with E-state index in [1.807, 2.05) is 20.8 Å². The minimum Gasteiger partial charge on any atom is -0.355 e. The molecule has 0 spiro atoms. The number of aliphatic imine (C=N–C) groups is 1. The van der Waals surface area contributed by atoms with Gasteiger partial charge in [0.05, 0.1) is 22.1 Å². The van der Waals surface area contributed by atoms with Crippen molar-refractivity contribution in [2.75, 3.05) is 20.1 Å². The maximum absolute atomic E-state index is 12.2. The first-order chi connectivity index (χ1) is 12.3. The smallest absolute Gasteiger partial charge is 0.240 e. The number of hydrogen-bond donors (Lipinski definition) is 3. The van der Waals surface area contributed by atoms with Gasteiger partial charge >= 0.3 is 0 Å². The Hall–Kier alpha value is -1.24. The molecule has 0 aliphatic heterocycles. The molecule has 0 radical (unpaired) electrons. The zero-order valence-corrected chi connectivity index (χ0v) is 19.8. The number of hydrogen-bond acceptors (Lipinski definition) is 5. The van der Waals surface area contributed by atoms with E-state index in [2.05, 4.69) is 25.3 Å². The molecule has 0 bridgehead atoms. The lowest BCUT2D eigenvalue weighted by atomic mass is 10.2. The van der Waals surface area contributed by atoms with Crippen molar-refractivity contribution < 1.29 is 8.42 Å². The highest BCUT2D eigenvalue weighted by Gasteiger charge is 2.12. The van der Waals surface area contributed by atoms with Crippen LogP contribution in [0.2, 0.25) is 0 Å². The highest BCUT2D eigenvalue weighted by atomic mass is 127. The van der Waals surface area contributed by atoms with Crippen LogP contribution in [-0.2, 0) is 16.6 Å². The van der Waals surface area contributed by atoms with Crippen molar-refractivity contribution in [2.24, 2.45) is 4.99 Å². The molecule has 0 aliphatic rings. The first-order valence-electron chi connectivity index (χ1n) is 8.25. The van der Waals surface area contributed by atoms with E-state index in [1.54, 1.807) is 42.6 Å². The summed E-state index contributed by atoms with van der Waals surface area (Å²) in [5.41, 5.74) is 2.04. The quantitative estimate of drug-likeness (QED) is 0.224. The molecule has 2 rings (SSSR count). The molecule has 1 aromatic carbocycles. The first kappa shape index (κ1) is 23.8. The Kier molecular flexibility index (Phi) is 9.63. The molecule has 27 heavy (non-hydrogen) atoms. The standard InChI is InChI=1S/C17H25N5O2S2.HI/c1-12-5-7-15(8-6-12)26(23,24)21-10-9-19-17(18-4)20-11-16-13(2)22-14(3)25-16;/h5-8,21H,9-11H2,1-4H3,(H2,18,19,20);1H. The van der Waals surface area contributed by atoms with Crippen LogP contribution in [0.5, 0.6) is 0 Å². The topological polar surface area (TPSA) is 95.5 Å². The summed E-state index contributed by atoms with van der Waals surface area (Å²) >= 11 is 1.65. The van der Waals surface area contributed by atoms with Gasteiger partial charge in [0.2, 0.25) is 10.0 Å². The van der Waals surface area contributed by atoms with Crippen LogP contribution in [0.1, 0.15) is 21.1 Å². The minimum atomic E-state index is -3.50. The van der Waals surface area contributed by atoms with Crippen LogP contribution in [0, 0.1) is 20.8 Å².